The fourth-order valence-electron chi connectivity index (χ4n) is 3.34. The smallest absolute Gasteiger partial charge is 0.321 e. The number of hydrogen-bond donors (Lipinski definition) is 1. The molecule has 156 valence electrons. The van der Waals surface area contributed by atoms with Gasteiger partial charge < -0.3 is 19.9 Å². The lowest BCUT2D eigenvalue weighted by atomic mass is 10.1. The summed E-state index contributed by atoms with van der Waals surface area (Å²) in [5.41, 5.74) is 3.19. The van der Waals surface area contributed by atoms with Crippen molar-refractivity contribution in [2.24, 2.45) is 0 Å². The highest BCUT2D eigenvalue weighted by Gasteiger charge is 2.23. The molecular formula is C22H25N5O2S. The molecule has 1 fully saturated rings. The summed E-state index contributed by atoms with van der Waals surface area (Å²) in [6.07, 6.45) is 0.736. The number of hydrogen-bond acceptors (Lipinski definition) is 6. The Labute approximate surface area is 180 Å². The Hall–Kier alpha value is -3.13. The predicted octanol–water partition coefficient (Wildman–Crippen LogP) is 3.80. The van der Waals surface area contributed by atoms with Crippen LogP contribution in [0.1, 0.15) is 17.0 Å². The van der Waals surface area contributed by atoms with Crippen LogP contribution in [-0.4, -0.2) is 53.6 Å². The minimum atomic E-state index is -0.0970. The van der Waals surface area contributed by atoms with E-state index in [4.69, 9.17) is 9.72 Å². The van der Waals surface area contributed by atoms with Gasteiger partial charge in [-0.15, -0.1) is 0 Å². The monoisotopic (exact) mass is 423 g/mol. The first-order chi connectivity index (χ1) is 14.6. The lowest BCUT2D eigenvalue weighted by Crippen LogP contribution is -2.50. The summed E-state index contributed by atoms with van der Waals surface area (Å²) in [5.74, 6) is 1.56. The van der Waals surface area contributed by atoms with Crippen molar-refractivity contribution in [3.05, 3.63) is 65.5 Å². The van der Waals surface area contributed by atoms with Gasteiger partial charge in [-0.2, -0.15) is 4.37 Å². The Morgan fingerprint density at radius 2 is 1.90 bits per heavy atom. The molecule has 2 aromatic carbocycles. The number of piperazine rings is 1. The van der Waals surface area contributed by atoms with E-state index in [0.717, 1.165) is 41.9 Å². The summed E-state index contributed by atoms with van der Waals surface area (Å²) in [6, 6.07) is 15.7. The van der Waals surface area contributed by atoms with E-state index in [1.54, 1.807) is 7.11 Å². The molecule has 1 N–H and O–H groups in total. The van der Waals surface area contributed by atoms with Crippen LogP contribution in [-0.2, 0) is 6.42 Å². The fourth-order valence-corrected chi connectivity index (χ4v) is 4.07. The van der Waals surface area contributed by atoms with Crippen LogP contribution in [0.2, 0.25) is 0 Å². The zero-order valence-corrected chi connectivity index (χ0v) is 18.0. The van der Waals surface area contributed by atoms with Crippen molar-refractivity contribution in [2.75, 3.05) is 43.5 Å². The predicted molar refractivity (Wildman–Crippen MR) is 120 cm³/mol. The second-order valence-electron chi connectivity index (χ2n) is 7.29. The molecule has 30 heavy (non-hydrogen) atoms. The molecule has 0 atom stereocenters. The van der Waals surface area contributed by atoms with Crippen molar-refractivity contribution in [3.63, 3.8) is 0 Å². The molecule has 1 aromatic heterocycles. The number of amides is 2. The third-order valence-corrected chi connectivity index (χ3v) is 5.91. The summed E-state index contributed by atoms with van der Waals surface area (Å²) >= 11 is 1.43. The summed E-state index contributed by atoms with van der Waals surface area (Å²) in [5, 5.41) is 3.86. The van der Waals surface area contributed by atoms with Gasteiger partial charge in [-0.25, -0.2) is 9.78 Å². The molecule has 1 saturated heterocycles. The van der Waals surface area contributed by atoms with Gasteiger partial charge in [0.05, 0.1) is 7.11 Å². The van der Waals surface area contributed by atoms with Gasteiger partial charge in [0.2, 0.25) is 5.13 Å². The number of rotatable bonds is 5. The minimum absolute atomic E-state index is 0.0970. The lowest BCUT2D eigenvalue weighted by Gasteiger charge is -2.34. The molecule has 0 radical (unpaired) electrons. The van der Waals surface area contributed by atoms with E-state index in [1.165, 1.54) is 22.7 Å². The molecule has 2 heterocycles. The molecule has 8 heteroatoms. The topological polar surface area (TPSA) is 70.6 Å². The van der Waals surface area contributed by atoms with Crippen molar-refractivity contribution in [1.82, 2.24) is 14.3 Å². The van der Waals surface area contributed by atoms with Crippen LogP contribution in [0.5, 0.6) is 5.75 Å². The van der Waals surface area contributed by atoms with Crippen molar-refractivity contribution in [1.29, 1.82) is 0 Å². The van der Waals surface area contributed by atoms with Crippen LogP contribution in [0.15, 0.2) is 48.5 Å². The molecular weight excluding hydrogens is 398 g/mol. The Morgan fingerprint density at radius 3 is 2.63 bits per heavy atom. The minimum Gasteiger partial charge on any atom is -0.497 e. The fraction of sp³-hybridized carbons (Fsp3) is 0.318. The number of ether oxygens (including phenoxy) is 1. The van der Waals surface area contributed by atoms with E-state index in [9.17, 15) is 4.79 Å². The Morgan fingerprint density at radius 1 is 1.13 bits per heavy atom. The van der Waals surface area contributed by atoms with Gasteiger partial charge in [0.15, 0.2) is 0 Å². The van der Waals surface area contributed by atoms with Crippen LogP contribution >= 0.6 is 11.5 Å². The highest BCUT2D eigenvalue weighted by atomic mass is 32.1. The maximum absolute atomic E-state index is 12.6. The maximum atomic E-state index is 12.6. The van der Waals surface area contributed by atoms with Gasteiger partial charge in [0.1, 0.15) is 11.6 Å². The van der Waals surface area contributed by atoms with E-state index >= 15 is 0 Å². The second-order valence-corrected chi connectivity index (χ2v) is 8.02. The van der Waals surface area contributed by atoms with Crippen molar-refractivity contribution in [2.45, 2.75) is 13.3 Å². The SMILES string of the molecule is COc1cccc(NC(=O)N2CCN(c3nc(Cc4ccc(C)cc4)ns3)CC2)c1. The molecule has 1 aliphatic heterocycles. The van der Waals surface area contributed by atoms with Crippen LogP contribution in [0, 0.1) is 6.92 Å². The van der Waals surface area contributed by atoms with Gasteiger partial charge in [0.25, 0.3) is 0 Å². The van der Waals surface area contributed by atoms with Crippen LogP contribution < -0.4 is 15.0 Å². The third kappa shape index (κ3) is 4.88. The number of anilines is 2. The van der Waals surface area contributed by atoms with Gasteiger partial charge in [-0.05, 0) is 24.6 Å². The zero-order valence-electron chi connectivity index (χ0n) is 17.2. The number of methoxy groups -OCH3 is 1. The first-order valence-electron chi connectivity index (χ1n) is 9.94. The number of nitrogens with zero attached hydrogens (tertiary/aromatic N) is 4. The number of carbonyl (C=O) groups excluding carboxylic acids is 1. The van der Waals surface area contributed by atoms with Gasteiger partial charge in [0, 0.05) is 55.9 Å². The van der Waals surface area contributed by atoms with Crippen LogP contribution in [0.4, 0.5) is 15.6 Å². The number of urea groups is 1. The quantitative estimate of drug-likeness (QED) is 0.676. The van der Waals surface area contributed by atoms with E-state index in [1.807, 2.05) is 29.2 Å². The zero-order chi connectivity index (χ0) is 20.9. The number of nitrogens with one attached hydrogen (secondary N) is 1. The van der Waals surface area contributed by atoms with Gasteiger partial charge >= 0.3 is 6.03 Å². The summed E-state index contributed by atoms with van der Waals surface area (Å²) in [6.45, 7) is 4.85. The number of aryl methyl sites for hydroxylation is 1. The van der Waals surface area contributed by atoms with E-state index in [2.05, 4.69) is 45.8 Å². The summed E-state index contributed by atoms with van der Waals surface area (Å²) in [7, 11) is 1.61. The van der Waals surface area contributed by atoms with Crippen molar-refractivity contribution < 1.29 is 9.53 Å². The number of aromatic nitrogens is 2. The number of carbonyl (C=O) groups is 1. The maximum Gasteiger partial charge on any atom is 0.321 e. The molecule has 0 aliphatic carbocycles. The Bertz CT molecular complexity index is 997. The highest BCUT2D eigenvalue weighted by molar-refractivity contribution is 7.09. The molecule has 0 bridgehead atoms. The second kappa shape index (κ2) is 9.13. The van der Waals surface area contributed by atoms with Crippen molar-refractivity contribution >= 4 is 28.4 Å². The molecule has 1 aliphatic rings. The average Bonchev–Trinajstić information content (AvgIpc) is 3.24. The number of benzene rings is 2. The van der Waals surface area contributed by atoms with E-state index < -0.39 is 0 Å². The average molecular weight is 424 g/mol. The van der Waals surface area contributed by atoms with Gasteiger partial charge in [-0.3, -0.25) is 0 Å². The van der Waals surface area contributed by atoms with E-state index in [-0.39, 0.29) is 6.03 Å². The first kappa shape index (κ1) is 20.2. The van der Waals surface area contributed by atoms with E-state index in [0.29, 0.717) is 13.1 Å². The van der Waals surface area contributed by atoms with Gasteiger partial charge in [-0.1, -0.05) is 35.9 Å². The van der Waals surface area contributed by atoms with Crippen LogP contribution in [0.25, 0.3) is 0 Å². The third-order valence-electron chi connectivity index (χ3n) is 5.10. The molecule has 0 spiro atoms. The molecule has 2 amide bonds. The largest absolute Gasteiger partial charge is 0.497 e. The molecule has 7 nitrogen and oxygen atoms in total. The van der Waals surface area contributed by atoms with Crippen molar-refractivity contribution in [3.8, 4) is 5.75 Å². The highest BCUT2D eigenvalue weighted by Crippen LogP contribution is 2.22. The van der Waals surface area contributed by atoms with Crippen LogP contribution in [0.3, 0.4) is 0 Å². The standard InChI is InChI=1S/C22H25N5O2S/c1-16-6-8-17(9-7-16)14-20-24-22(30-25-20)27-12-10-26(11-13-27)21(28)23-18-4-3-5-19(15-18)29-2/h3-9,15H,10-14H2,1-2H3,(H,23,28). The molecule has 3 aromatic rings. The molecule has 0 unspecified atom stereocenters. The first-order valence-corrected chi connectivity index (χ1v) is 10.7. The summed E-state index contributed by atoms with van der Waals surface area (Å²) < 4.78 is 9.73. The summed E-state index contributed by atoms with van der Waals surface area (Å²) in [4.78, 5) is 21.3. The normalized spacial score (nSPS) is 13.9. The Balaban J connectivity index is 1.30. The molecule has 4 rings (SSSR count). The molecule has 0 saturated carbocycles. The lowest BCUT2D eigenvalue weighted by molar-refractivity contribution is 0.208. The Kier molecular flexibility index (Phi) is 6.13.